The molecule has 0 spiro atoms. The Morgan fingerprint density at radius 3 is 2.32 bits per heavy atom. The molecule has 1 aliphatic rings. The van der Waals surface area contributed by atoms with Gasteiger partial charge in [-0.1, -0.05) is 13.8 Å². The van der Waals surface area contributed by atoms with E-state index in [4.69, 9.17) is 0 Å². The molecule has 0 aromatic heterocycles. The third-order valence-electron chi connectivity index (χ3n) is 5.17. The van der Waals surface area contributed by atoms with Crippen LogP contribution in [0.15, 0.2) is 47.4 Å². The van der Waals surface area contributed by atoms with Crippen LogP contribution in [0.3, 0.4) is 0 Å². The second-order valence-electron chi connectivity index (χ2n) is 7.11. The highest BCUT2D eigenvalue weighted by molar-refractivity contribution is 7.89. The molecule has 1 unspecified atom stereocenters. The summed E-state index contributed by atoms with van der Waals surface area (Å²) in [7, 11) is -3.61. The monoisotopic (exact) mass is 451 g/mol. The number of nitrogens with one attached hydrogen (secondary N) is 1. The molecule has 7 nitrogen and oxygen atoms in total. The maximum Gasteiger partial charge on any atom is 0.243 e. The number of carbonyl (C=O) groups is 2. The normalized spacial score (nSPS) is 16.7. The van der Waals surface area contributed by atoms with Crippen LogP contribution in [0.25, 0.3) is 0 Å². The van der Waals surface area contributed by atoms with Gasteiger partial charge >= 0.3 is 0 Å². The number of nitrogens with zero attached hydrogens (tertiary/aromatic N) is 2. The van der Waals surface area contributed by atoms with Crippen LogP contribution in [-0.2, 0) is 19.6 Å². The number of carbonyl (C=O) groups excluding carboxylic acids is 2. The highest BCUT2D eigenvalue weighted by Gasteiger charge is 2.35. The summed E-state index contributed by atoms with van der Waals surface area (Å²) in [5.74, 6) is -3.56. The Labute approximate surface area is 179 Å². The number of halogens is 2. The molecule has 0 aliphatic carbocycles. The van der Waals surface area contributed by atoms with E-state index in [0.717, 1.165) is 12.1 Å². The summed E-state index contributed by atoms with van der Waals surface area (Å²) < 4.78 is 52.9. The van der Waals surface area contributed by atoms with E-state index in [1.807, 2.05) is 0 Å². The van der Waals surface area contributed by atoms with E-state index in [-0.39, 0.29) is 29.5 Å². The first-order valence-corrected chi connectivity index (χ1v) is 11.3. The topological polar surface area (TPSA) is 86.8 Å². The molecule has 31 heavy (non-hydrogen) atoms. The van der Waals surface area contributed by atoms with Crippen molar-refractivity contribution in [1.82, 2.24) is 4.31 Å². The van der Waals surface area contributed by atoms with Crippen LogP contribution in [0.1, 0.15) is 20.3 Å². The Balaban J connectivity index is 1.71. The number of hydrogen-bond donors (Lipinski definition) is 1. The molecular formula is C21H23F2N3O4S. The number of amides is 2. The van der Waals surface area contributed by atoms with Crippen LogP contribution < -0.4 is 10.2 Å². The van der Waals surface area contributed by atoms with Crippen molar-refractivity contribution in [1.29, 1.82) is 0 Å². The van der Waals surface area contributed by atoms with E-state index in [9.17, 15) is 26.8 Å². The number of rotatable bonds is 7. The average Bonchev–Trinajstić information content (AvgIpc) is 3.13. The molecule has 1 N–H and O–H groups in total. The highest BCUT2D eigenvalue weighted by atomic mass is 32.2. The van der Waals surface area contributed by atoms with Gasteiger partial charge in [-0.05, 0) is 36.4 Å². The summed E-state index contributed by atoms with van der Waals surface area (Å²) in [6, 6.07) is 8.95. The number of hydrogen-bond acceptors (Lipinski definition) is 4. The highest BCUT2D eigenvalue weighted by Crippen LogP contribution is 2.28. The van der Waals surface area contributed by atoms with Gasteiger partial charge in [0.05, 0.1) is 10.8 Å². The van der Waals surface area contributed by atoms with Crippen molar-refractivity contribution < 1.29 is 26.8 Å². The van der Waals surface area contributed by atoms with Gasteiger partial charge in [-0.15, -0.1) is 0 Å². The zero-order valence-electron chi connectivity index (χ0n) is 17.1. The average molecular weight is 451 g/mol. The van der Waals surface area contributed by atoms with Gasteiger partial charge in [0.15, 0.2) is 11.6 Å². The van der Waals surface area contributed by atoms with E-state index in [1.165, 1.54) is 39.5 Å². The summed E-state index contributed by atoms with van der Waals surface area (Å²) in [5, 5.41) is 2.49. The van der Waals surface area contributed by atoms with Gasteiger partial charge in [-0.3, -0.25) is 9.59 Å². The SMILES string of the molecule is CCN(CC)S(=O)(=O)c1ccc(N2CC(C(=O)Nc3ccc(F)c(F)c3)CC2=O)cc1. The van der Waals surface area contributed by atoms with E-state index in [2.05, 4.69) is 5.32 Å². The summed E-state index contributed by atoms with van der Waals surface area (Å²) in [6.45, 7) is 4.30. The number of benzene rings is 2. The minimum Gasteiger partial charge on any atom is -0.326 e. The molecule has 0 radical (unpaired) electrons. The third-order valence-corrected chi connectivity index (χ3v) is 7.24. The van der Waals surface area contributed by atoms with Gasteiger partial charge in [0, 0.05) is 43.5 Å². The van der Waals surface area contributed by atoms with E-state index in [0.29, 0.717) is 18.8 Å². The Morgan fingerprint density at radius 1 is 1.10 bits per heavy atom. The van der Waals surface area contributed by atoms with Crippen molar-refractivity contribution in [2.75, 3.05) is 29.9 Å². The second kappa shape index (κ2) is 9.11. The van der Waals surface area contributed by atoms with Crippen molar-refractivity contribution in [3.8, 4) is 0 Å². The minimum atomic E-state index is -3.61. The number of sulfonamides is 1. The summed E-state index contributed by atoms with van der Waals surface area (Å²) in [4.78, 5) is 26.4. The molecule has 166 valence electrons. The van der Waals surface area contributed by atoms with Gasteiger partial charge < -0.3 is 10.2 Å². The minimum absolute atomic E-state index is 0.0466. The lowest BCUT2D eigenvalue weighted by atomic mass is 10.1. The maximum absolute atomic E-state index is 13.3. The summed E-state index contributed by atoms with van der Waals surface area (Å²) in [6.07, 6.45) is -0.0466. The first kappa shape index (κ1) is 22.8. The fourth-order valence-electron chi connectivity index (χ4n) is 3.46. The van der Waals surface area contributed by atoms with Gasteiger partial charge in [0.25, 0.3) is 0 Å². The van der Waals surface area contributed by atoms with Gasteiger partial charge in [-0.25, -0.2) is 17.2 Å². The standard InChI is InChI=1S/C21H23F2N3O4S/c1-3-25(4-2)31(29,30)17-8-6-16(7-9-17)26-13-14(11-20(26)27)21(28)24-15-5-10-18(22)19(23)12-15/h5-10,12,14H,3-4,11,13H2,1-2H3,(H,24,28). The molecule has 3 rings (SSSR count). The Kier molecular flexibility index (Phi) is 6.71. The van der Waals surface area contributed by atoms with Crippen molar-refractivity contribution in [2.24, 2.45) is 5.92 Å². The van der Waals surface area contributed by atoms with Gasteiger partial charge in [0.2, 0.25) is 21.8 Å². The lowest BCUT2D eigenvalue weighted by Crippen LogP contribution is -2.31. The summed E-state index contributed by atoms with van der Waals surface area (Å²) >= 11 is 0. The molecule has 1 atom stereocenters. The Bertz CT molecular complexity index is 1090. The third kappa shape index (κ3) is 4.75. The first-order valence-electron chi connectivity index (χ1n) is 9.83. The lowest BCUT2D eigenvalue weighted by molar-refractivity contribution is -0.122. The largest absolute Gasteiger partial charge is 0.326 e. The van der Waals surface area contributed by atoms with E-state index in [1.54, 1.807) is 13.8 Å². The maximum atomic E-state index is 13.3. The molecule has 10 heteroatoms. The molecule has 2 aromatic rings. The van der Waals surface area contributed by atoms with Crippen molar-refractivity contribution in [2.45, 2.75) is 25.2 Å². The molecule has 1 saturated heterocycles. The predicted molar refractivity (Wildman–Crippen MR) is 112 cm³/mol. The lowest BCUT2D eigenvalue weighted by Gasteiger charge is -2.20. The molecule has 1 aliphatic heterocycles. The van der Waals surface area contributed by atoms with Crippen LogP contribution >= 0.6 is 0 Å². The quantitative estimate of drug-likeness (QED) is 0.701. The van der Waals surface area contributed by atoms with Crippen LogP contribution in [0.5, 0.6) is 0 Å². The molecule has 0 bridgehead atoms. The first-order chi connectivity index (χ1) is 14.7. The zero-order valence-corrected chi connectivity index (χ0v) is 18.0. The van der Waals surface area contributed by atoms with Crippen molar-refractivity contribution in [3.05, 3.63) is 54.1 Å². The van der Waals surface area contributed by atoms with Crippen LogP contribution in [0.2, 0.25) is 0 Å². The molecule has 1 heterocycles. The number of anilines is 2. The zero-order chi connectivity index (χ0) is 22.8. The molecule has 1 fully saturated rings. The van der Waals surface area contributed by atoms with E-state index >= 15 is 0 Å². The summed E-state index contributed by atoms with van der Waals surface area (Å²) in [5.41, 5.74) is 0.576. The van der Waals surface area contributed by atoms with Gasteiger partial charge in [0.1, 0.15) is 0 Å². The molecule has 2 amide bonds. The molecular weight excluding hydrogens is 428 g/mol. The fourth-order valence-corrected chi connectivity index (χ4v) is 4.92. The second-order valence-corrected chi connectivity index (χ2v) is 9.04. The fraction of sp³-hybridized carbons (Fsp3) is 0.333. The van der Waals surface area contributed by atoms with Crippen LogP contribution in [0.4, 0.5) is 20.2 Å². The predicted octanol–water partition coefficient (Wildman–Crippen LogP) is 2.99. The van der Waals surface area contributed by atoms with Crippen LogP contribution in [0, 0.1) is 17.6 Å². The van der Waals surface area contributed by atoms with E-state index < -0.39 is 33.5 Å². The molecule has 0 saturated carbocycles. The van der Waals surface area contributed by atoms with Gasteiger partial charge in [-0.2, -0.15) is 4.31 Å². The molecule has 2 aromatic carbocycles. The van der Waals surface area contributed by atoms with Crippen molar-refractivity contribution in [3.63, 3.8) is 0 Å². The Morgan fingerprint density at radius 2 is 1.74 bits per heavy atom. The smallest absolute Gasteiger partial charge is 0.243 e. The Hall–Kier alpha value is -2.85. The van der Waals surface area contributed by atoms with Crippen LogP contribution in [-0.4, -0.2) is 44.2 Å². The van der Waals surface area contributed by atoms with Crippen molar-refractivity contribution >= 4 is 33.2 Å².